The summed E-state index contributed by atoms with van der Waals surface area (Å²) in [5.41, 5.74) is 0.244. The van der Waals surface area contributed by atoms with Gasteiger partial charge in [-0.3, -0.25) is 9.80 Å². The van der Waals surface area contributed by atoms with E-state index in [0.29, 0.717) is 5.92 Å². The van der Waals surface area contributed by atoms with Crippen LogP contribution in [0.1, 0.15) is 19.3 Å². The molecule has 1 aliphatic carbocycles. The van der Waals surface area contributed by atoms with E-state index in [-0.39, 0.29) is 11.8 Å². The van der Waals surface area contributed by atoms with E-state index >= 15 is 0 Å². The van der Waals surface area contributed by atoms with Gasteiger partial charge in [-0.1, -0.05) is 0 Å². The molecule has 72 valence electrons. The summed E-state index contributed by atoms with van der Waals surface area (Å²) >= 11 is 0. The molecule has 0 amide bonds. The van der Waals surface area contributed by atoms with Gasteiger partial charge in [0, 0.05) is 24.9 Å². The Morgan fingerprint density at radius 1 is 1.54 bits per heavy atom. The van der Waals surface area contributed by atoms with Gasteiger partial charge in [-0.25, -0.2) is 0 Å². The van der Waals surface area contributed by atoms with Crippen LogP contribution in [-0.2, 0) is 4.79 Å². The number of carboxylic acid groups (broad SMARTS) is 1. The fourth-order valence-electron chi connectivity index (χ4n) is 2.60. The maximum atomic E-state index is 10.4. The molecule has 2 rings (SSSR count). The second-order valence-corrected chi connectivity index (χ2v) is 4.28. The van der Waals surface area contributed by atoms with Crippen LogP contribution >= 0.6 is 0 Å². The fraction of sp³-hybridized carbons (Fsp3) is 0.875. The van der Waals surface area contributed by atoms with Crippen molar-refractivity contribution in [2.75, 3.05) is 13.1 Å². The minimum absolute atomic E-state index is 0.244. The molecule has 1 saturated carbocycles. The molecule has 5 heteroatoms. The topological polar surface area (TPSA) is 70.0 Å². The lowest BCUT2D eigenvalue weighted by atomic mass is 9.57. The second-order valence-electron chi connectivity index (χ2n) is 4.28. The molecule has 1 N–H and O–H groups in total. The molecule has 1 aliphatic heterocycles. The lowest BCUT2D eigenvalue weighted by molar-refractivity contribution is -0.144. The van der Waals surface area contributed by atoms with Crippen LogP contribution in [0.4, 0.5) is 0 Å². The molecule has 0 radical (unpaired) electrons. The lowest BCUT2D eigenvalue weighted by Crippen LogP contribution is -2.60. The van der Waals surface area contributed by atoms with Crippen LogP contribution in [0.5, 0.6) is 0 Å². The summed E-state index contributed by atoms with van der Waals surface area (Å²) in [5, 5.41) is 12.9. The van der Waals surface area contributed by atoms with Gasteiger partial charge in [-0.15, -0.1) is 4.91 Å². The van der Waals surface area contributed by atoms with Gasteiger partial charge in [-0.2, -0.15) is 0 Å². The van der Waals surface area contributed by atoms with E-state index in [2.05, 4.69) is 5.29 Å². The first kappa shape index (κ1) is 8.47. The first-order valence-electron chi connectivity index (χ1n) is 4.44. The summed E-state index contributed by atoms with van der Waals surface area (Å²) in [7, 11) is 0. The van der Waals surface area contributed by atoms with Crippen molar-refractivity contribution < 1.29 is 9.90 Å². The van der Waals surface area contributed by atoms with Crippen LogP contribution in [-0.4, -0.2) is 29.2 Å². The van der Waals surface area contributed by atoms with Crippen molar-refractivity contribution in [3.63, 3.8) is 0 Å². The lowest BCUT2D eigenvalue weighted by Gasteiger charge is -2.56. The largest absolute Gasteiger partial charge is 0.481 e. The Kier molecular flexibility index (Phi) is 1.75. The molecule has 0 aromatic rings. The fourth-order valence-corrected chi connectivity index (χ4v) is 2.60. The Balaban J connectivity index is 1.73. The molecule has 0 aromatic heterocycles. The highest BCUT2D eigenvalue weighted by atomic mass is 16.4. The van der Waals surface area contributed by atoms with Gasteiger partial charge < -0.3 is 5.11 Å². The van der Waals surface area contributed by atoms with E-state index in [1.807, 2.05) is 0 Å². The van der Waals surface area contributed by atoms with E-state index in [1.54, 1.807) is 0 Å². The predicted octanol–water partition coefficient (Wildman–Crippen LogP) is 0.855. The van der Waals surface area contributed by atoms with Crippen molar-refractivity contribution in [1.29, 1.82) is 0 Å². The van der Waals surface area contributed by atoms with Gasteiger partial charge in [0.05, 0.1) is 5.29 Å². The maximum Gasteiger partial charge on any atom is 0.303 e. The van der Waals surface area contributed by atoms with Gasteiger partial charge in [0.2, 0.25) is 0 Å². The second kappa shape index (κ2) is 2.68. The van der Waals surface area contributed by atoms with Gasteiger partial charge in [0.15, 0.2) is 0 Å². The summed E-state index contributed by atoms with van der Waals surface area (Å²) in [5.74, 6) is -0.393. The third kappa shape index (κ3) is 1.38. The molecule has 1 heterocycles. The average Bonchev–Trinajstić information content (AvgIpc) is 1.90. The smallest absolute Gasteiger partial charge is 0.303 e. The Morgan fingerprint density at radius 3 is 2.62 bits per heavy atom. The molecule has 13 heavy (non-hydrogen) atoms. The van der Waals surface area contributed by atoms with E-state index in [4.69, 9.17) is 5.11 Å². The third-order valence-electron chi connectivity index (χ3n) is 3.06. The molecule has 1 saturated heterocycles. The van der Waals surface area contributed by atoms with Crippen LogP contribution < -0.4 is 0 Å². The summed E-state index contributed by atoms with van der Waals surface area (Å²) in [6.45, 7) is 1.46. The monoisotopic (exact) mass is 184 g/mol. The summed E-state index contributed by atoms with van der Waals surface area (Å²) in [4.78, 5) is 20.4. The number of rotatable bonds is 3. The predicted molar refractivity (Wildman–Crippen MR) is 44.8 cm³/mol. The number of hydrogen-bond acceptors (Lipinski definition) is 3. The van der Waals surface area contributed by atoms with E-state index in [9.17, 15) is 9.70 Å². The quantitative estimate of drug-likeness (QED) is 0.660. The highest BCUT2D eigenvalue weighted by molar-refractivity contribution is 5.67. The average molecular weight is 184 g/mol. The standard InChI is InChI=1S/C8H12N2O3/c11-7(12)1-6-2-8(3-6)4-10(5-8)9-13/h6H,1-5H2,(H,11,12). The van der Waals surface area contributed by atoms with Gasteiger partial charge >= 0.3 is 5.97 Å². The Hall–Kier alpha value is -1.13. The van der Waals surface area contributed by atoms with Crippen molar-refractivity contribution in [1.82, 2.24) is 5.01 Å². The van der Waals surface area contributed by atoms with Crippen LogP contribution in [0, 0.1) is 16.2 Å². The maximum absolute atomic E-state index is 10.4. The normalized spacial score (nSPS) is 25.1. The summed E-state index contributed by atoms with van der Waals surface area (Å²) in [6, 6.07) is 0. The zero-order chi connectivity index (χ0) is 9.47. The van der Waals surface area contributed by atoms with Crippen molar-refractivity contribution in [3.8, 4) is 0 Å². The number of hydrogen-bond donors (Lipinski definition) is 1. The van der Waals surface area contributed by atoms with Crippen molar-refractivity contribution in [2.45, 2.75) is 19.3 Å². The Bertz CT molecular complexity index is 240. The minimum Gasteiger partial charge on any atom is -0.481 e. The summed E-state index contributed by atoms with van der Waals surface area (Å²) < 4.78 is 0. The minimum atomic E-state index is -0.718. The first-order chi connectivity index (χ1) is 6.13. The van der Waals surface area contributed by atoms with Crippen LogP contribution in [0.15, 0.2) is 5.29 Å². The van der Waals surface area contributed by atoms with Crippen molar-refractivity contribution >= 4 is 5.97 Å². The highest BCUT2D eigenvalue weighted by Crippen LogP contribution is 2.52. The molecule has 0 atom stereocenters. The van der Waals surface area contributed by atoms with E-state index < -0.39 is 5.97 Å². The van der Waals surface area contributed by atoms with Crippen LogP contribution in [0.2, 0.25) is 0 Å². The molecule has 0 unspecified atom stereocenters. The van der Waals surface area contributed by atoms with Crippen LogP contribution in [0.3, 0.4) is 0 Å². The molecule has 0 bridgehead atoms. The van der Waals surface area contributed by atoms with Crippen LogP contribution in [0.25, 0.3) is 0 Å². The van der Waals surface area contributed by atoms with Crippen molar-refractivity contribution in [2.24, 2.45) is 16.6 Å². The number of aliphatic carboxylic acids is 1. The number of nitroso groups, excluding NO2 is 1. The summed E-state index contributed by atoms with van der Waals surface area (Å²) in [6.07, 6.45) is 2.17. The third-order valence-corrected chi connectivity index (χ3v) is 3.06. The van der Waals surface area contributed by atoms with Gasteiger partial charge in [0.1, 0.15) is 0 Å². The van der Waals surface area contributed by atoms with Crippen molar-refractivity contribution in [3.05, 3.63) is 4.91 Å². The zero-order valence-electron chi connectivity index (χ0n) is 7.27. The van der Waals surface area contributed by atoms with Gasteiger partial charge in [-0.05, 0) is 18.8 Å². The van der Waals surface area contributed by atoms with E-state index in [1.165, 1.54) is 5.01 Å². The highest BCUT2D eigenvalue weighted by Gasteiger charge is 2.53. The van der Waals surface area contributed by atoms with E-state index in [0.717, 1.165) is 25.9 Å². The molecule has 2 aliphatic rings. The molecule has 1 spiro atoms. The number of carboxylic acids is 1. The molecular weight excluding hydrogens is 172 g/mol. The molecule has 2 fully saturated rings. The Morgan fingerprint density at radius 2 is 2.15 bits per heavy atom. The molecular formula is C8H12N2O3. The first-order valence-corrected chi connectivity index (χ1v) is 4.44. The molecule has 5 nitrogen and oxygen atoms in total. The molecule has 0 aromatic carbocycles. The number of nitrogens with zero attached hydrogens (tertiary/aromatic N) is 2. The Labute approximate surface area is 75.7 Å². The van der Waals surface area contributed by atoms with Gasteiger partial charge in [0.25, 0.3) is 0 Å². The zero-order valence-corrected chi connectivity index (χ0v) is 7.27. The number of carbonyl (C=O) groups is 1. The SMILES string of the molecule is O=NN1CC2(CC(CC(=O)O)C2)C1.